The Labute approximate surface area is 266 Å². The number of hydrogen-bond acceptors (Lipinski definition) is 8. The Morgan fingerprint density at radius 3 is 2.04 bits per heavy atom. The van der Waals surface area contributed by atoms with Gasteiger partial charge < -0.3 is 39.8 Å². The molecular formula is C34H46N4O7. The number of rotatable bonds is 21. The molecule has 3 N–H and O–H groups in total. The predicted molar refractivity (Wildman–Crippen MR) is 172 cm³/mol. The first kappa shape index (κ1) is 35.7. The smallest absolute Gasteiger partial charge is 0.234 e. The van der Waals surface area contributed by atoms with Gasteiger partial charge in [0.25, 0.3) is 0 Å². The summed E-state index contributed by atoms with van der Waals surface area (Å²) >= 11 is 0. The second-order valence-electron chi connectivity index (χ2n) is 10.6. The van der Waals surface area contributed by atoms with Gasteiger partial charge >= 0.3 is 0 Å². The highest BCUT2D eigenvalue weighted by atomic mass is 16.6. The minimum atomic E-state index is -0.170. The maximum absolute atomic E-state index is 13.2. The molecule has 11 heteroatoms. The number of nitrogens with one attached hydrogen (secondary N) is 3. The standard InChI is InChI=1S/C34H46N4O7/c1-27(2)37-33(40)25-35-16-18-43-20-22-45-24-23-44-21-19-42-17-14-32(39)36-15-13-34(41)38-26-30-9-4-3-7-28(30)11-12-29-8-5-6-10-31(29)38/h3-10,27,35H,13-26H2,1-2H3,(H,36,39)(H,37,40). The van der Waals surface area contributed by atoms with Gasteiger partial charge in [0.05, 0.1) is 71.6 Å². The molecule has 1 heterocycles. The van der Waals surface area contributed by atoms with Crippen LogP contribution in [0.5, 0.6) is 0 Å². The highest BCUT2D eigenvalue weighted by molar-refractivity contribution is 5.95. The zero-order valence-electron chi connectivity index (χ0n) is 26.4. The van der Waals surface area contributed by atoms with Gasteiger partial charge in [-0.1, -0.05) is 42.2 Å². The lowest BCUT2D eigenvalue weighted by Crippen LogP contribution is -2.38. The lowest BCUT2D eigenvalue weighted by Gasteiger charge is -2.26. The van der Waals surface area contributed by atoms with Crippen molar-refractivity contribution in [3.8, 4) is 11.8 Å². The molecule has 0 unspecified atom stereocenters. The Morgan fingerprint density at radius 1 is 0.733 bits per heavy atom. The molecule has 0 fully saturated rings. The van der Waals surface area contributed by atoms with E-state index in [1.165, 1.54) is 0 Å². The third kappa shape index (κ3) is 14.2. The molecule has 0 saturated heterocycles. The minimum Gasteiger partial charge on any atom is -0.379 e. The van der Waals surface area contributed by atoms with Crippen molar-refractivity contribution < 1.29 is 33.3 Å². The first-order valence-corrected chi connectivity index (χ1v) is 15.5. The summed E-state index contributed by atoms with van der Waals surface area (Å²) in [4.78, 5) is 38.7. The summed E-state index contributed by atoms with van der Waals surface area (Å²) in [6.07, 6.45) is 0.377. The van der Waals surface area contributed by atoms with Crippen molar-refractivity contribution in [2.24, 2.45) is 0 Å². The maximum Gasteiger partial charge on any atom is 0.234 e. The summed E-state index contributed by atoms with van der Waals surface area (Å²) in [5.41, 5.74) is 3.47. The first-order valence-electron chi connectivity index (χ1n) is 15.5. The van der Waals surface area contributed by atoms with Crippen LogP contribution in [0.1, 0.15) is 43.4 Å². The van der Waals surface area contributed by atoms with E-state index in [2.05, 4.69) is 27.8 Å². The molecular weight excluding hydrogens is 576 g/mol. The Balaban J connectivity index is 1.16. The van der Waals surface area contributed by atoms with Gasteiger partial charge in [-0.3, -0.25) is 14.4 Å². The van der Waals surface area contributed by atoms with E-state index in [0.29, 0.717) is 59.3 Å². The fraction of sp³-hybridized carbons (Fsp3) is 0.500. The predicted octanol–water partition coefficient (Wildman–Crippen LogP) is 2.01. The van der Waals surface area contributed by atoms with Crippen molar-refractivity contribution in [3.63, 3.8) is 0 Å². The van der Waals surface area contributed by atoms with Crippen LogP contribution in [-0.2, 0) is 39.9 Å². The number of benzene rings is 2. The lowest BCUT2D eigenvalue weighted by atomic mass is 10.0. The van der Waals surface area contributed by atoms with Gasteiger partial charge in [-0.15, -0.1) is 0 Å². The van der Waals surface area contributed by atoms with E-state index in [9.17, 15) is 14.4 Å². The molecule has 1 aliphatic rings. The monoisotopic (exact) mass is 622 g/mol. The maximum atomic E-state index is 13.2. The van der Waals surface area contributed by atoms with Gasteiger partial charge in [0, 0.05) is 43.1 Å². The third-order valence-corrected chi connectivity index (χ3v) is 6.58. The van der Waals surface area contributed by atoms with Gasteiger partial charge in [-0.05, 0) is 37.6 Å². The number of ether oxygens (including phenoxy) is 4. The van der Waals surface area contributed by atoms with E-state index in [1.807, 2.05) is 62.4 Å². The van der Waals surface area contributed by atoms with Crippen LogP contribution in [0.3, 0.4) is 0 Å². The highest BCUT2D eigenvalue weighted by Gasteiger charge is 2.21. The largest absolute Gasteiger partial charge is 0.379 e. The van der Waals surface area contributed by atoms with Gasteiger partial charge in [0.2, 0.25) is 17.7 Å². The van der Waals surface area contributed by atoms with Crippen molar-refractivity contribution >= 4 is 23.4 Å². The molecule has 0 aliphatic carbocycles. The van der Waals surface area contributed by atoms with E-state index in [0.717, 1.165) is 22.4 Å². The normalized spacial score (nSPS) is 11.9. The molecule has 1 aliphatic heterocycles. The van der Waals surface area contributed by atoms with Crippen LogP contribution in [0.15, 0.2) is 48.5 Å². The van der Waals surface area contributed by atoms with E-state index < -0.39 is 0 Å². The molecule has 0 spiro atoms. The molecule has 2 aromatic rings. The summed E-state index contributed by atoms with van der Waals surface area (Å²) in [5, 5.41) is 8.64. The van der Waals surface area contributed by atoms with Crippen LogP contribution in [0.4, 0.5) is 5.69 Å². The summed E-state index contributed by atoms with van der Waals surface area (Å²) in [6.45, 7) is 8.72. The van der Waals surface area contributed by atoms with Crippen LogP contribution in [0.25, 0.3) is 0 Å². The Morgan fingerprint density at radius 2 is 1.33 bits per heavy atom. The van der Waals surface area contributed by atoms with Crippen LogP contribution in [0, 0.1) is 11.8 Å². The number of carbonyl (C=O) groups is 3. The molecule has 45 heavy (non-hydrogen) atoms. The van der Waals surface area contributed by atoms with E-state index in [4.69, 9.17) is 18.9 Å². The molecule has 244 valence electrons. The third-order valence-electron chi connectivity index (χ3n) is 6.58. The molecule has 0 aromatic heterocycles. The minimum absolute atomic E-state index is 0.0287. The van der Waals surface area contributed by atoms with Gasteiger partial charge in [-0.25, -0.2) is 0 Å². The molecule has 2 aromatic carbocycles. The number of para-hydroxylation sites is 1. The second kappa shape index (κ2) is 21.0. The number of amides is 3. The molecule has 3 rings (SSSR count). The molecule has 11 nitrogen and oxygen atoms in total. The zero-order valence-corrected chi connectivity index (χ0v) is 26.4. The van der Waals surface area contributed by atoms with Crippen molar-refractivity contribution in [1.29, 1.82) is 0 Å². The average Bonchev–Trinajstić information content (AvgIpc) is 3.01. The van der Waals surface area contributed by atoms with Crippen molar-refractivity contribution in [1.82, 2.24) is 16.0 Å². The average molecular weight is 623 g/mol. The molecule has 0 saturated carbocycles. The Hall–Kier alpha value is -3.79. The number of fused-ring (bicyclic) bond motifs is 2. The fourth-order valence-corrected chi connectivity index (χ4v) is 4.39. The van der Waals surface area contributed by atoms with Gasteiger partial charge in [-0.2, -0.15) is 0 Å². The van der Waals surface area contributed by atoms with Crippen LogP contribution >= 0.6 is 0 Å². The van der Waals surface area contributed by atoms with Crippen LogP contribution in [0.2, 0.25) is 0 Å². The van der Waals surface area contributed by atoms with E-state index in [-0.39, 0.29) is 56.3 Å². The molecule has 3 amide bonds. The topological polar surface area (TPSA) is 127 Å². The van der Waals surface area contributed by atoms with E-state index >= 15 is 0 Å². The number of carbonyl (C=O) groups excluding carboxylic acids is 3. The van der Waals surface area contributed by atoms with Crippen molar-refractivity contribution in [2.75, 3.05) is 77.4 Å². The fourth-order valence-electron chi connectivity index (χ4n) is 4.39. The summed E-state index contributed by atoms with van der Waals surface area (Å²) in [6, 6.07) is 15.6. The number of nitrogens with zero attached hydrogens (tertiary/aromatic N) is 1. The van der Waals surface area contributed by atoms with Gasteiger partial charge in [0.1, 0.15) is 0 Å². The Bertz CT molecular complexity index is 1270. The van der Waals surface area contributed by atoms with Gasteiger partial charge in [0.15, 0.2) is 0 Å². The summed E-state index contributed by atoms with van der Waals surface area (Å²) < 4.78 is 21.9. The quantitative estimate of drug-likeness (QED) is 0.143. The highest BCUT2D eigenvalue weighted by Crippen LogP contribution is 2.25. The van der Waals surface area contributed by atoms with Crippen molar-refractivity contribution in [2.45, 2.75) is 39.3 Å². The zero-order chi connectivity index (χ0) is 32.1. The van der Waals surface area contributed by atoms with Crippen LogP contribution in [-0.4, -0.2) is 96.3 Å². The second-order valence-corrected chi connectivity index (χ2v) is 10.6. The molecule has 0 atom stereocenters. The number of hydrogen-bond donors (Lipinski definition) is 3. The summed E-state index contributed by atoms with van der Waals surface area (Å²) in [5.74, 6) is 6.12. The molecule has 0 radical (unpaired) electrons. The van der Waals surface area contributed by atoms with E-state index in [1.54, 1.807) is 4.90 Å². The molecule has 0 bridgehead atoms. The SMILES string of the molecule is CC(C)NC(=O)CNCCOCCOCCOCCOCCC(=O)NCCC(=O)N1Cc2ccccc2C#Cc2ccccc21. The number of anilines is 1. The van der Waals surface area contributed by atoms with Crippen molar-refractivity contribution in [3.05, 3.63) is 65.2 Å². The Kier molecular flexibility index (Phi) is 16.7. The van der Waals surface area contributed by atoms with Crippen LogP contribution < -0.4 is 20.9 Å². The lowest BCUT2D eigenvalue weighted by molar-refractivity contribution is -0.123. The first-order chi connectivity index (χ1) is 21.9. The summed E-state index contributed by atoms with van der Waals surface area (Å²) in [7, 11) is 0.